The number of hydrogen-bond donors (Lipinski definition) is 2. The first-order chi connectivity index (χ1) is 11.4. The van der Waals surface area contributed by atoms with Crippen LogP contribution in [0, 0.1) is 5.41 Å². The Morgan fingerprint density at radius 2 is 2.08 bits per heavy atom. The van der Waals surface area contributed by atoms with Gasteiger partial charge in [-0.25, -0.2) is 4.79 Å². The number of carbonyl (C=O) groups is 1. The van der Waals surface area contributed by atoms with Crippen molar-refractivity contribution in [1.82, 2.24) is 15.2 Å². The van der Waals surface area contributed by atoms with Crippen LogP contribution in [0.25, 0.3) is 0 Å². The molecule has 2 rings (SSSR count). The van der Waals surface area contributed by atoms with E-state index in [0.717, 1.165) is 31.4 Å². The highest BCUT2D eigenvalue weighted by atomic mass is 16.3. The Hall–Kier alpha value is -1.62. The van der Waals surface area contributed by atoms with Crippen LogP contribution >= 0.6 is 0 Å². The molecule has 2 unspecified atom stereocenters. The molecule has 2 heterocycles. The zero-order chi connectivity index (χ0) is 17.6. The Kier molecular flexibility index (Phi) is 6.60. The zero-order valence-electron chi connectivity index (χ0n) is 15.2. The minimum absolute atomic E-state index is 0.00243. The summed E-state index contributed by atoms with van der Waals surface area (Å²) in [7, 11) is 0. The van der Waals surface area contributed by atoms with Gasteiger partial charge in [0.25, 0.3) is 0 Å². The van der Waals surface area contributed by atoms with Gasteiger partial charge in [-0.2, -0.15) is 0 Å². The molecule has 1 aliphatic rings. The van der Waals surface area contributed by atoms with Crippen LogP contribution in [0.1, 0.15) is 64.5 Å². The van der Waals surface area contributed by atoms with Crippen LogP contribution in [0.3, 0.4) is 0 Å². The first kappa shape index (κ1) is 18.7. The molecule has 0 saturated carbocycles. The van der Waals surface area contributed by atoms with Gasteiger partial charge in [0.1, 0.15) is 0 Å². The molecule has 1 saturated heterocycles. The summed E-state index contributed by atoms with van der Waals surface area (Å²) in [6.45, 7) is 7.29. The molecule has 1 aromatic heterocycles. The lowest BCUT2D eigenvalue weighted by atomic mass is 9.87. The molecular weight excluding hydrogens is 302 g/mol. The molecule has 0 spiro atoms. The molecule has 0 aromatic carbocycles. The second-order valence-electron chi connectivity index (χ2n) is 7.72. The maximum atomic E-state index is 12.8. The topological polar surface area (TPSA) is 65.5 Å². The van der Waals surface area contributed by atoms with Crippen molar-refractivity contribution in [2.75, 3.05) is 13.1 Å². The van der Waals surface area contributed by atoms with Crippen LogP contribution in [0.4, 0.5) is 4.79 Å². The summed E-state index contributed by atoms with van der Waals surface area (Å²) < 4.78 is 0. The Morgan fingerprint density at radius 3 is 2.75 bits per heavy atom. The average Bonchev–Trinajstić information content (AvgIpc) is 2.78. The predicted octanol–water partition coefficient (Wildman–Crippen LogP) is 3.51. The average molecular weight is 333 g/mol. The molecule has 0 bridgehead atoms. The minimum atomic E-state index is -0.361. The van der Waals surface area contributed by atoms with Gasteiger partial charge in [0.2, 0.25) is 0 Å². The molecule has 1 aromatic rings. The lowest BCUT2D eigenvalue weighted by molar-refractivity contribution is 0.124. The minimum Gasteiger partial charge on any atom is -0.393 e. The van der Waals surface area contributed by atoms with Gasteiger partial charge in [0.05, 0.1) is 12.1 Å². The number of aromatic nitrogens is 1. The molecule has 2 amide bonds. The van der Waals surface area contributed by atoms with E-state index < -0.39 is 0 Å². The third-order valence-electron chi connectivity index (χ3n) is 4.67. The molecule has 2 N–H and O–H groups in total. The Labute approximate surface area is 145 Å². The van der Waals surface area contributed by atoms with Crippen molar-refractivity contribution in [2.45, 2.75) is 65.0 Å². The fourth-order valence-electron chi connectivity index (χ4n) is 3.57. The second kappa shape index (κ2) is 8.47. The predicted molar refractivity (Wildman–Crippen MR) is 95.6 cm³/mol. The number of rotatable bonds is 5. The molecule has 134 valence electrons. The third kappa shape index (κ3) is 5.48. The van der Waals surface area contributed by atoms with Gasteiger partial charge in [0, 0.05) is 25.5 Å². The van der Waals surface area contributed by atoms with E-state index >= 15 is 0 Å². The molecule has 24 heavy (non-hydrogen) atoms. The smallest absolute Gasteiger partial charge is 0.317 e. The third-order valence-corrected chi connectivity index (χ3v) is 4.67. The summed E-state index contributed by atoms with van der Waals surface area (Å²) in [6, 6.07) is 4.13. The number of carbonyl (C=O) groups excluding carboxylic acids is 1. The van der Waals surface area contributed by atoms with Crippen molar-refractivity contribution >= 4 is 6.03 Å². The van der Waals surface area contributed by atoms with Crippen molar-refractivity contribution < 1.29 is 9.90 Å². The Bertz CT molecular complexity index is 517. The number of aliphatic hydroxyl groups is 1. The Balaban J connectivity index is 2.04. The van der Waals surface area contributed by atoms with E-state index in [-0.39, 0.29) is 23.6 Å². The van der Waals surface area contributed by atoms with Crippen molar-refractivity contribution in [2.24, 2.45) is 5.41 Å². The molecule has 1 aliphatic heterocycles. The fourth-order valence-corrected chi connectivity index (χ4v) is 3.57. The van der Waals surface area contributed by atoms with Crippen LogP contribution in [0.15, 0.2) is 24.5 Å². The number of amides is 2. The van der Waals surface area contributed by atoms with Crippen LogP contribution in [-0.4, -0.2) is 40.2 Å². The highest BCUT2D eigenvalue weighted by Crippen LogP contribution is 2.30. The van der Waals surface area contributed by atoms with Crippen LogP contribution < -0.4 is 5.32 Å². The standard InChI is InChI=1S/C19H31N3O2/c1-15(23)13-19(2,3)14-21-18(24)22-12-6-4-5-7-17(22)16-8-10-20-11-9-16/h8-11,15,17,23H,4-7,12-14H2,1-3H3,(H,21,24). The highest BCUT2D eigenvalue weighted by molar-refractivity contribution is 5.74. The lowest BCUT2D eigenvalue weighted by Gasteiger charge is -2.33. The number of nitrogens with zero attached hydrogens (tertiary/aromatic N) is 2. The quantitative estimate of drug-likeness (QED) is 0.866. The van der Waals surface area contributed by atoms with E-state index in [2.05, 4.69) is 24.1 Å². The number of likely N-dealkylation sites (tertiary alicyclic amines) is 1. The van der Waals surface area contributed by atoms with Gasteiger partial charge in [-0.15, -0.1) is 0 Å². The molecule has 0 aliphatic carbocycles. The van der Waals surface area contributed by atoms with E-state index in [1.54, 1.807) is 19.3 Å². The molecular formula is C19H31N3O2. The first-order valence-electron chi connectivity index (χ1n) is 9.01. The number of aliphatic hydroxyl groups excluding tert-OH is 1. The molecule has 5 nitrogen and oxygen atoms in total. The van der Waals surface area contributed by atoms with E-state index in [4.69, 9.17) is 0 Å². The second-order valence-corrected chi connectivity index (χ2v) is 7.72. The largest absolute Gasteiger partial charge is 0.393 e. The van der Waals surface area contributed by atoms with Crippen LogP contribution in [-0.2, 0) is 0 Å². The van der Waals surface area contributed by atoms with E-state index in [1.165, 1.54) is 6.42 Å². The SMILES string of the molecule is CC(O)CC(C)(C)CNC(=O)N1CCCCCC1c1ccncc1. The number of nitrogens with one attached hydrogen (secondary N) is 1. The van der Waals surface area contributed by atoms with Crippen LogP contribution in [0.2, 0.25) is 0 Å². The molecule has 0 radical (unpaired) electrons. The number of pyridine rings is 1. The van der Waals surface area contributed by atoms with E-state index in [9.17, 15) is 9.90 Å². The first-order valence-corrected chi connectivity index (χ1v) is 9.01. The van der Waals surface area contributed by atoms with Gasteiger partial charge in [-0.05, 0) is 49.3 Å². The normalized spacial score (nSPS) is 20.3. The fraction of sp³-hybridized carbons (Fsp3) is 0.684. The van der Waals surface area contributed by atoms with Crippen LogP contribution in [0.5, 0.6) is 0 Å². The summed E-state index contributed by atoms with van der Waals surface area (Å²) >= 11 is 0. The maximum absolute atomic E-state index is 12.8. The van der Waals surface area contributed by atoms with Crippen molar-refractivity contribution in [3.05, 3.63) is 30.1 Å². The summed E-state index contributed by atoms with van der Waals surface area (Å²) in [5.74, 6) is 0. The van der Waals surface area contributed by atoms with Gasteiger partial charge in [-0.1, -0.05) is 26.7 Å². The zero-order valence-corrected chi connectivity index (χ0v) is 15.2. The number of urea groups is 1. The highest BCUT2D eigenvalue weighted by Gasteiger charge is 2.28. The summed E-state index contributed by atoms with van der Waals surface area (Å²) in [4.78, 5) is 18.9. The molecule has 1 fully saturated rings. The molecule has 5 heteroatoms. The van der Waals surface area contributed by atoms with Gasteiger partial charge in [-0.3, -0.25) is 4.98 Å². The summed E-state index contributed by atoms with van der Waals surface area (Å²) in [6.07, 6.45) is 8.24. The Morgan fingerprint density at radius 1 is 1.38 bits per heavy atom. The summed E-state index contributed by atoms with van der Waals surface area (Å²) in [5.41, 5.74) is 1.03. The monoisotopic (exact) mass is 333 g/mol. The van der Waals surface area contributed by atoms with E-state index in [1.807, 2.05) is 17.0 Å². The summed E-state index contributed by atoms with van der Waals surface area (Å²) in [5, 5.41) is 12.7. The lowest BCUT2D eigenvalue weighted by Crippen LogP contribution is -2.45. The van der Waals surface area contributed by atoms with Gasteiger partial charge < -0.3 is 15.3 Å². The van der Waals surface area contributed by atoms with Crippen molar-refractivity contribution in [1.29, 1.82) is 0 Å². The van der Waals surface area contributed by atoms with E-state index in [0.29, 0.717) is 13.0 Å². The van der Waals surface area contributed by atoms with Gasteiger partial charge >= 0.3 is 6.03 Å². The molecule has 2 atom stereocenters. The maximum Gasteiger partial charge on any atom is 0.317 e. The number of hydrogen-bond acceptors (Lipinski definition) is 3. The van der Waals surface area contributed by atoms with Crippen molar-refractivity contribution in [3.8, 4) is 0 Å². The van der Waals surface area contributed by atoms with Crippen molar-refractivity contribution in [3.63, 3.8) is 0 Å². The van der Waals surface area contributed by atoms with Gasteiger partial charge in [0.15, 0.2) is 0 Å².